The molecule has 0 aliphatic heterocycles. The third-order valence-corrected chi connectivity index (χ3v) is 10.4. The fraction of sp³-hybridized carbons (Fsp3) is 0. The Morgan fingerprint density at radius 3 is 1.20 bits per heavy atom. The Bertz CT molecular complexity index is 2870. The van der Waals surface area contributed by atoms with Crippen molar-refractivity contribution in [3.8, 4) is 44.5 Å². The molecule has 0 aliphatic carbocycles. The van der Waals surface area contributed by atoms with Crippen molar-refractivity contribution in [3.63, 3.8) is 0 Å². The van der Waals surface area contributed by atoms with Gasteiger partial charge in [0.2, 0.25) is 0 Å². The van der Waals surface area contributed by atoms with Gasteiger partial charge in [0.1, 0.15) is 0 Å². The highest BCUT2D eigenvalue weighted by molar-refractivity contribution is 6.22. The fourth-order valence-corrected chi connectivity index (χ4v) is 8.02. The van der Waals surface area contributed by atoms with E-state index in [2.05, 4.69) is 194 Å². The van der Waals surface area contributed by atoms with Gasteiger partial charge in [-0.2, -0.15) is 0 Å². The zero-order chi connectivity index (χ0) is 33.0. The van der Waals surface area contributed by atoms with Crippen molar-refractivity contribution >= 4 is 53.9 Å². The lowest BCUT2D eigenvalue weighted by molar-refractivity contribution is 1.59. The summed E-state index contributed by atoms with van der Waals surface area (Å²) in [7, 11) is 0. The van der Waals surface area contributed by atoms with E-state index in [-0.39, 0.29) is 0 Å². The van der Waals surface area contributed by atoms with Crippen molar-refractivity contribution in [3.05, 3.63) is 194 Å². The topological polar surface area (TPSA) is 0 Å². The van der Waals surface area contributed by atoms with Crippen LogP contribution < -0.4 is 0 Å². The van der Waals surface area contributed by atoms with Crippen molar-refractivity contribution in [2.45, 2.75) is 0 Å². The van der Waals surface area contributed by atoms with E-state index in [4.69, 9.17) is 0 Å². The quantitative estimate of drug-likeness (QED) is 0.134. The normalized spacial score (nSPS) is 11.6. The van der Waals surface area contributed by atoms with Crippen LogP contribution in [-0.2, 0) is 0 Å². The summed E-state index contributed by atoms with van der Waals surface area (Å²) in [5.74, 6) is 0. The molecule has 0 aliphatic rings. The Morgan fingerprint density at radius 2 is 0.560 bits per heavy atom. The van der Waals surface area contributed by atoms with Crippen molar-refractivity contribution < 1.29 is 0 Å². The van der Waals surface area contributed by atoms with Crippen LogP contribution in [0, 0.1) is 0 Å². The zero-order valence-electron chi connectivity index (χ0n) is 27.5. The van der Waals surface area contributed by atoms with Crippen LogP contribution in [0.25, 0.3) is 98.4 Å². The lowest BCUT2D eigenvalue weighted by Gasteiger charge is -2.18. The molecule has 232 valence electrons. The maximum absolute atomic E-state index is 2.37. The van der Waals surface area contributed by atoms with Crippen molar-refractivity contribution in [2.24, 2.45) is 0 Å². The maximum Gasteiger partial charge on any atom is -0.00262 e. The molecule has 0 amide bonds. The molecule has 0 radical (unpaired) electrons. The summed E-state index contributed by atoms with van der Waals surface area (Å²) in [6, 6.07) is 71.4. The molecule has 0 unspecified atom stereocenters. The molecule has 0 saturated heterocycles. The first-order chi connectivity index (χ1) is 24.8. The zero-order valence-corrected chi connectivity index (χ0v) is 27.5. The van der Waals surface area contributed by atoms with Gasteiger partial charge in [0, 0.05) is 0 Å². The average Bonchev–Trinajstić information content (AvgIpc) is 3.19. The summed E-state index contributed by atoms with van der Waals surface area (Å²) in [5, 5.41) is 12.7. The van der Waals surface area contributed by atoms with Gasteiger partial charge in [0.25, 0.3) is 0 Å². The summed E-state index contributed by atoms with van der Waals surface area (Å²) < 4.78 is 0. The van der Waals surface area contributed by atoms with Gasteiger partial charge in [-0.05, 0) is 123 Å². The minimum Gasteiger partial charge on any atom is -0.0616 e. The molecular weight excluding hydrogens is 601 g/mol. The van der Waals surface area contributed by atoms with Crippen molar-refractivity contribution in [2.75, 3.05) is 0 Å². The Labute approximate surface area is 291 Å². The average molecular weight is 633 g/mol. The molecule has 0 N–H and O–H groups in total. The molecule has 10 aromatic rings. The number of rotatable bonds is 4. The molecule has 10 rings (SSSR count). The predicted molar refractivity (Wildman–Crippen MR) is 216 cm³/mol. The van der Waals surface area contributed by atoms with Crippen LogP contribution in [0.1, 0.15) is 0 Å². The molecule has 0 bridgehead atoms. The second-order valence-electron chi connectivity index (χ2n) is 13.3. The smallest absolute Gasteiger partial charge is 0.00262 e. The molecule has 0 heterocycles. The molecule has 10 aromatic carbocycles. The first-order valence-corrected chi connectivity index (χ1v) is 17.3. The number of hydrogen-bond donors (Lipinski definition) is 0. The van der Waals surface area contributed by atoms with Gasteiger partial charge in [-0.25, -0.2) is 0 Å². The number of hydrogen-bond acceptors (Lipinski definition) is 0. The van der Waals surface area contributed by atoms with Gasteiger partial charge in [-0.15, -0.1) is 0 Å². The SMILES string of the molecule is c1cc(-c2cccc(-c3c4ccccc4c(-c4ccc5ccccc5c4)c4ccccc34)c2)cc(-c2ccc3c(ccc4ccccc43)c2)c1. The largest absolute Gasteiger partial charge is 0.0616 e. The van der Waals surface area contributed by atoms with Crippen LogP contribution in [-0.4, -0.2) is 0 Å². The second kappa shape index (κ2) is 11.6. The molecule has 0 spiro atoms. The molecular formula is C50H32. The van der Waals surface area contributed by atoms with E-state index < -0.39 is 0 Å². The molecule has 0 aromatic heterocycles. The fourth-order valence-electron chi connectivity index (χ4n) is 8.02. The van der Waals surface area contributed by atoms with E-state index in [9.17, 15) is 0 Å². The lowest BCUT2D eigenvalue weighted by Crippen LogP contribution is -1.91. The minimum atomic E-state index is 1.21. The van der Waals surface area contributed by atoms with Crippen LogP contribution in [0.3, 0.4) is 0 Å². The summed E-state index contributed by atoms with van der Waals surface area (Å²) in [6.45, 7) is 0. The van der Waals surface area contributed by atoms with E-state index >= 15 is 0 Å². The third-order valence-electron chi connectivity index (χ3n) is 10.4. The van der Waals surface area contributed by atoms with Gasteiger partial charge in [-0.1, -0.05) is 170 Å². The van der Waals surface area contributed by atoms with Crippen LogP contribution in [0.2, 0.25) is 0 Å². The molecule has 50 heavy (non-hydrogen) atoms. The first-order valence-electron chi connectivity index (χ1n) is 17.3. The Balaban J connectivity index is 1.11. The van der Waals surface area contributed by atoms with Crippen LogP contribution in [0.4, 0.5) is 0 Å². The monoisotopic (exact) mass is 632 g/mol. The molecule has 0 atom stereocenters. The molecule has 0 saturated carbocycles. The van der Waals surface area contributed by atoms with Gasteiger partial charge in [0.15, 0.2) is 0 Å². The van der Waals surface area contributed by atoms with Crippen LogP contribution >= 0.6 is 0 Å². The van der Waals surface area contributed by atoms with Gasteiger partial charge < -0.3 is 0 Å². The Hall–Kier alpha value is -6.50. The summed E-state index contributed by atoms with van der Waals surface area (Å²) in [4.78, 5) is 0. The highest BCUT2D eigenvalue weighted by Gasteiger charge is 2.17. The highest BCUT2D eigenvalue weighted by Crippen LogP contribution is 2.44. The second-order valence-corrected chi connectivity index (χ2v) is 13.3. The van der Waals surface area contributed by atoms with E-state index in [0.717, 1.165) is 0 Å². The van der Waals surface area contributed by atoms with Gasteiger partial charge >= 0.3 is 0 Å². The van der Waals surface area contributed by atoms with Gasteiger partial charge in [0.05, 0.1) is 0 Å². The first kappa shape index (κ1) is 28.5. The van der Waals surface area contributed by atoms with E-state index in [1.807, 2.05) is 0 Å². The molecule has 0 heteroatoms. The minimum absolute atomic E-state index is 1.21. The Kier molecular flexibility index (Phi) is 6.60. The van der Waals surface area contributed by atoms with Crippen molar-refractivity contribution in [1.82, 2.24) is 0 Å². The summed E-state index contributed by atoms with van der Waals surface area (Å²) >= 11 is 0. The maximum atomic E-state index is 2.37. The van der Waals surface area contributed by atoms with Crippen LogP contribution in [0.5, 0.6) is 0 Å². The predicted octanol–water partition coefficient (Wildman–Crippen LogP) is 14.1. The third kappa shape index (κ3) is 4.69. The Morgan fingerprint density at radius 1 is 0.180 bits per heavy atom. The number of benzene rings is 10. The summed E-state index contributed by atoms with van der Waals surface area (Å²) in [5.41, 5.74) is 9.91. The van der Waals surface area contributed by atoms with Crippen LogP contribution in [0.15, 0.2) is 194 Å². The standard InChI is InChI=1S/C50H32/c1-2-13-35-31-42(26-23-33(35)11-1)50-47-21-7-5-19-45(47)49(46-20-6-8-22-48(46)50)41-17-10-16-38(32-41)36-14-9-15-37(29-36)39-27-28-44-40(30-39)25-24-34-12-3-4-18-43(34)44/h1-32H. The van der Waals surface area contributed by atoms with E-state index in [1.165, 1.54) is 98.4 Å². The van der Waals surface area contributed by atoms with Gasteiger partial charge in [-0.3, -0.25) is 0 Å². The molecule has 0 nitrogen and oxygen atoms in total. The lowest BCUT2D eigenvalue weighted by atomic mass is 9.85. The summed E-state index contributed by atoms with van der Waals surface area (Å²) in [6.07, 6.45) is 0. The molecule has 0 fully saturated rings. The van der Waals surface area contributed by atoms with Crippen molar-refractivity contribution in [1.29, 1.82) is 0 Å². The van der Waals surface area contributed by atoms with E-state index in [1.54, 1.807) is 0 Å². The van der Waals surface area contributed by atoms with E-state index in [0.29, 0.717) is 0 Å². The highest BCUT2D eigenvalue weighted by atomic mass is 14.2. The number of fused-ring (bicyclic) bond motifs is 6.